The number of hydrogen-bond acceptors (Lipinski definition) is 4. The van der Waals surface area contributed by atoms with Gasteiger partial charge in [0.1, 0.15) is 6.04 Å². The van der Waals surface area contributed by atoms with Gasteiger partial charge >= 0.3 is 5.97 Å². The van der Waals surface area contributed by atoms with Gasteiger partial charge in [-0.3, -0.25) is 10.1 Å². The molecular weight excluding hydrogens is 304 g/mol. The van der Waals surface area contributed by atoms with Crippen molar-refractivity contribution in [2.75, 3.05) is 17.7 Å². The molecule has 0 aliphatic heterocycles. The van der Waals surface area contributed by atoms with Gasteiger partial charge in [-0.2, -0.15) is 11.8 Å². The van der Waals surface area contributed by atoms with Crippen LogP contribution in [0, 0.1) is 0 Å². The summed E-state index contributed by atoms with van der Waals surface area (Å²) in [4.78, 5) is 10.9. The number of benzene rings is 1. The van der Waals surface area contributed by atoms with E-state index >= 15 is 0 Å². The summed E-state index contributed by atoms with van der Waals surface area (Å²) in [6, 6.07) is 4.99. The van der Waals surface area contributed by atoms with Crippen molar-refractivity contribution in [3.05, 3.63) is 28.2 Å². The van der Waals surface area contributed by atoms with Gasteiger partial charge in [0, 0.05) is 22.5 Å². The number of aliphatic carboxylic acids is 1. The number of nitrogen functional groups attached to an aromatic ring is 1. The second-order valence-corrected chi connectivity index (χ2v) is 5.40. The number of nitrogens with one attached hydrogen (secondary N) is 1. The Hall–Kier alpha value is -0.720. The molecule has 4 nitrogen and oxygen atoms in total. The van der Waals surface area contributed by atoms with Crippen molar-refractivity contribution in [1.29, 1.82) is 0 Å². The predicted molar refractivity (Wildman–Crippen MR) is 75.2 cm³/mol. The van der Waals surface area contributed by atoms with Crippen LogP contribution in [0.5, 0.6) is 0 Å². The second kappa shape index (κ2) is 6.88. The van der Waals surface area contributed by atoms with Gasteiger partial charge < -0.3 is 10.8 Å². The molecule has 0 aliphatic carbocycles. The van der Waals surface area contributed by atoms with Crippen LogP contribution in [0.25, 0.3) is 0 Å². The average Bonchev–Trinajstić information content (AvgIpc) is 2.28. The maximum Gasteiger partial charge on any atom is 0.321 e. The molecule has 17 heavy (non-hydrogen) atoms. The van der Waals surface area contributed by atoms with Crippen LogP contribution < -0.4 is 11.1 Å². The number of thioether (sulfide) groups is 1. The molecule has 0 aromatic heterocycles. The van der Waals surface area contributed by atoms with E-state index in [4.69, 9.17) is 10.8 Å². The topological polar surface area (TPSA) is 75.3 Å². The monoisotopic (exact) mass is 318 g/mol. The Morgan fingerprint density at radius 1 is 1.65 bits per heavy atom. The summed E-state index contributed by atoms with van der Waals surface area (Å²) >= 11 is 4.86. The van der Waals surface area contributed by atoms with Crippen LogP contribution in [0.2, 0.25) is 0 Å². The number of carboxylic acids is 1. The highest BCUT2D eigenvalue weighted by atomic mass is 79.9. The molecule has 0 saturated heterocycles. The molecule has 0 aliphatic rings. The fourth-order valence-corrected chi connectivity index (χ4v) is 2.35. The zero-order valence-electron chi connectivity index (χ0n) is 9.44. The standard InChI is InChI=1S/C11H15BrN2O2S/c1-17-6-10(11(15)16)14-5-7-4-8(12)2-3-9(7)13/h2-4,10,14H,5-6,13H2,1H3,(H,15,16)/t10-/m0/s1. The van der Waals surface area contributed by atoms with Gasteiger partial charge in [-0.25, -0.2) is 0 Å². The Bertz CT molecular complexity index is 401. The number of halogens is 1. The van der Waals surface area contributed by atoms with Crippen molar-refractivity contribution in [2.45, 2.75) is 12.6 Å². The van der Waals surface area contributed by atoms with E-state index in [9.17, 15) is 4.79 Å². The second-order valence-electron chi connectivity index (χ2n) is 3.57. The summed E-state index contributed by atoms with van der Waals surface area (Å²) < 4.78 is 0.931. The lowest BCUT2D eigenvalue weighted by Gasteiger charge is -2.14. The summed E-state index contributed by atoms with van der Waals surface area (Å²) in [6.07, 6.45) is 1.88. The molecule has 0 fully saturated rings. The number of carboxylic acid groups (broad SMARTS) is 1. The zero-order chi connectivity index (χ0) is 12.8. The molecule has 0 radical (unpaired) electrons. The van der Waals surface area contributed by atoms with E-state index in [1.54, 1.807) is 6.07 Å². The van der Waals surface area contributed by atoms with Crippen molar-refractivity contribution in [3.63, 3.8) is 0 Å². The summed E-state index contributed by atoms with van der Waals surface area (Å²) in [7, 11) is 0. The Labute approximate surface area is 113 Å². The third-order valence-corrected chi connectivity index (χ3v) is 3.44. The minimum absolute atomic E-state index is 0.447. The molecular formula is C11H15BrN2O2S. The molecule has 1 rings (SSSR count). The van der Waals surface area contributed by atoms with Crippen LogP contribution >= 0.6 is 27.7 Å². The SMILES string of the molecule is CSC[C@H](NCc1cc(Br)ccc1N)C(=O)O. The molecule has 0 heterocycles. The molecule has 6 heteroatoms. The maximum absolute atomic E-state index is 10.9. The maximum atomic E-state index is 10.9. The first-order valence-corrected chi connectivity index (χ1v) is 7.22. The van der Waals surface area contributed by atoms with E-state index in [0.717, 1.165) is 10.0 Å². The van der Waals surface area contributed by atoms with Gasteiger partial charge in [0.25, 0.3) is 0 Å². The van der Waals surface area contributed by atoms with Crippen molar-refractivity contribution in [1.82, 2.24) is 5.32 Å². The number of hydrogen-bond donors (Lipinski definition) is 3. The minimum atomic E-state index is -0.840. The van der Waals surface area contributed by atoms with Gasteiger partial charge in [-0.05, 0) is 30.0 Å². The van der Waals surface area contributed by atoms with E-state index in [0.29, 0.717) is 18.0 Å². The van der Waals surface area contributed by atoms with Crippen molar-refractivity contribution >= 4 is 39.3 Å². The molecule has 0 amide bonds. The van der Waals surface area contributed by atoms with Gasteiger partial charge in [0.05, 0.1) is 0 Å². The van der Waals surface area contributed by atoms with E-state index in [-0.39, 0.29) is 0 Å². The molecule has 0 bridgehead atoms. The molecule has 94 valence electrons. The number of carbonyl (C=O) groups is 1. The first-order chi connectivity index (χ1) is 8.04. The van der Waals surface area contributed by atoms with Gasteiger partial charge in [-0.15, -0.1) is 0 Å². The summed E-state index contributed by atoms with van der Waals surface area (Å²) in [5, 5.41) is 12.0. The molecule has 1 aromatic carbocycles. The van der Waals surface area contributed by atoms with Crippen LogP contribution in [0.3, 0.4) is 0 Å². The lowest BCUT2D eigenvalue weighted by molar-refractivity contribution is -0.138. The van der Waals surface area contributed by atoms with Gasteiger partial charge in [-0.1, -0.05) is 15.9 Å². The van der Waals surface area contributed by atoms with E-state index in [2.05, 4.69) is 21.2 Å². The van der Waals surface area contributed by atoms with Crippen molar-refractivity contribution < 1.29 is 9.90 Å². The average molecular weight is 319 g/mol. The number of anilines is 1. The van der Waals surface area contributed by atoms with Crippen molar-refractivity contribution in [2.24, 2.45) is 0 Å². The van der Waals surface area contributed by atoms with Crippen LogP contribution in [-0.2, 0) is 11.3 Å². The molecule has 0 unspecified atom stereocenters. The van der Waals surface area contributed by atoms with Crippen LogP contribution in [0.1, 0.15) is 5.56 Å². The first kappa shape index (κ1) is 14.3. The predicted octanol–water partition coefficient (Wildman–Crippen LogP) is 1.94. The van der Waals surface area contributed by atoms with Crippen LogP contribution in [0.15, 0.2) is 22.7 Å². The molecule has 0 spiro atoms. The highest BCUT2D eigenvalue weighted by Gasteiger charge is 2.16. The highest BCUT2D eigenvalue weighted by molar-refractivity contribution is 9.10. The fourth-order valence-electron chi connectivity index (χ4n) is 1.34. The Kier molecular flexibility index (Phi) is 5.80. The van der Waals surface area contributed by atoms with Gasteiger partial charge in [0.2, 0.25) is 0 Å². The number of rotatable bonds is 6. The van der Waals surface area contributed by atoms with E-state index < -0.39 is 12.0 Å². The smallest absolute Gasteiger partial charge is 0.321 e. The first-order valence-electron chi connectivity index (χ1n) is 5.03. The van der Waals surface area contributed by atoms with E-state index in [1.165, 1.54) is 11.8 Å². The Morgan fingerprint density at radius 3 is 2.94 bits per heavy atom. The Balaban J connectivity index is 2.64. The normalized spacial score (nSPS) is 12.4. The highest BCUT2D eigenvalue weighted by Crippen LogP contribution is 2.18. The summed E-state index contributed by atoms with van der Waals surface area (Å²) in [5.74, 6) is -0.309. The third-order valence-electron chi connectivity index (χ3n) is 2.28. The lowest BCUT2D eigenvalue weighted by atomic mass is 10.1. The Morgan fingerprint density at radius 2 is 2.35 bits per heavy atom. The van der Waals surface area contributed by atoms with Crippen LogP contribution in [0.4, 0.5) is 5.69 Å². The van der Waals surface area contributed by atoms with Gasteiger partial charge in [0.15, 0.2) is 0 Å². The third kappa shape index (κ3) is 4.57. The summed E-state index contributed by atoms with van der Waals surface area (Å²) in [6.45, 7) is 0.447. The zero-order valence-corrected chi connectivity index (χ0v) is 11.8. The molecule has 0 saturated carbocycles. The molecule has 4 N–H and O–H groups in total. The molecule has 1 aromatic rings. The largest absolute Gasteiger partial charge is 0.480 e. The summed E-state index contributed by atoms with van der Waals surface area (Å²) in [5.41, 5.74) is 7.37. The van der Waals surface area contributed by atoms with E-state index in [1.807, 2.05) is 18.4 Å². The van der Waals surface area contributed by atoms with Crippen LogP contribution in [-0.4, -0.2) is 29.1 Å². The minimum Gasteiger partial charge on any atom is -0.480 e. The van der Waals surface area contributed by atoms with Crippen molar-refractivity contribution in [3.8, 4) is 0 Å². The fraction of sp³-hybridized carbons (Fsp3) is 0.364. The quantitative estimate of drug-likeness (QED) is 0.699. The molecule has 1 atom stereocenters. The number of nitrogens with two attached hydrogens (primary N) is 1. The lowest BCUT2D eigenvalue weighted by Crippen LogP contribution is -2.38.